The molecule has 128 valence electrons. The Morgan fingerprint density at radius 2 is 1.88 bits per heavy atom. The van der Waals surface area contributed by atoms with E-state index < -0.39 is 0 Å². The number of rotatable bonds is 7. The molecule has 0 spiro atoms. The van der Waals surface area contributed by atoms with Gasteiger partial charge in [0.1, 0.15) is 0 Å². The van der Waals surface area contributed by atoms with Crippen LogP contribution < -0.4 is 16.0 Å². The molecule has 1 amide bonds. The second kappa shape index (κ2) is 9.95. The second-order valence-corrected chi connectivity index (χ2v) is 6.43. The summed E-state index contributed by atoms with van der Waals surface area (Å²) in [6.45, 7) is 4.54. The monoisotopic (exact) mass is 364 g/mol. The molecule has 3 N–H and O–H groups in total. The molecular weight excluding hydrogens is 344 g/mol. The van der Waals surface area contributed by atoms with Crippen LogP contribution in [0.2, 0.25) is 5.02 Å². The normalized spacial score (nSPS) is 11.2. The Morgan fingerprint density at radius 3 is 2.54 bits per heavy atom. The van der Waals surface area contributed by atoms with Gasteiger partial charge < -0.3 is 16.0 Å². The molecular formula is C17H21ClN4OS. The molecule has 7 heteroatoms. The highest BCUT2D eigenvalue weighted by Crippen LogP contribution is 2.09. The molecule has 1 aromatic heterocycles. The molecule has 5 nitrogen and oxygen atoms in total. The minimum absolute atomic E-state index is 0.117. The highest BCUT2D eigenvalue weighted by molar-refractivity contribution is 7.09. The molecule has 2 rings (SSSR count). The minimum atomic E-state index is -0.117. The van der Waals surface area contributed by atoms with Crippen molar-refractivity contribution in [1.82, 2.24) is 16.0 Å². The van der Waals surface area contributed by atoms with Crippen LogP contribution in [0.5, 0.6) is 0 Å². The summed E-state index contributed by atoms with van der Waals surface area (Å²) in [6, 6.07) is 10.9. The summed E-state index contributed by atoms with van der Waals surface area (Å²) in [5.41, 5.74) is 0.595. The fraction of sp³-hybridized carbons (Fsp3) is 0.294. The molecule has 24 heavy (non-hydrogen) atoms. The third-order valence-electron chi connectivity index (χ3n) is 3.13. The van der Waals surface area contributed by atoms with Gasteiger partial charge in [0.2, 0.25) is 0 Å². The van der Waals surface area contributed by atoms with Gasteiger partial charge in [-0.2, -0.15) is 0 Å². The highest BCUT2D eigenvalue weighted by Gasteiger charge is 2.04. The molecule has 0 aliphatic carbocycles. The Hall–Kier alpha value is -2.05. The van der Waals surface area contributed by atoms with E-state index >= 15 is 0 Å². The van der Waals surface area contributed by atoms with Crippen LogP contribution in [0.3, 0.4) is 0 Å². The maximum atomic E-state index is 12.0. The number of thiophene rings is 1. The average molecular weight is 365 g/mol. The van der Waals surface area contributed by atoms with Crippen molar-refractivity contribution in [2.75, 3.05) is 19.6 Å². The summed E-state index contributed by atoms with van der Waals surface area (Å²) in [4.78, 5) is 17.7. The smallest absolute Gasteiger partial charge is 0.251 e. The van der Waals surface area contributed by atoms with Crippen LogP contribution in [0.15, 0.2) is 46.8 Å². The predicted octanol–water partition coefficient (Wildman–Crippen LogP) is 2.89. The summed E-state index contributed by atoms with van der Waals surface area (Å²) in [5.74, 6) is 0.626. The molecule has 2 aromatic rings. The summed E-state index contributed by atoms with van der Waals surface area (Å²) in [7, 11) is 0. The van der Waals surface area contributed by atoms with Gasteiger partial charge in [-0.1, -0.05) is 17.7 Å². The highest BCUT2D eigenvalue weighted by atomic mass is 35.5. The maximum Gasteiger partial charge on any atom is 0.251 e. The van der Waals surface area contributed by atoms with Crippen molar-refractivity contribution in [3.8, 4) is 0 Å². The van der Waals surface area contributed by atoms with E-state index in [-0.39, 0.29) is 5.91 Å². The van der Waals surface area contributed by atoms with Crippen molar-refractivity contribution in [2.45, 2.75) is 13.5 Å². The van der Waals surface area contributed by atoms with Crippen molar-refractivity contribution in [1.29, 1.82) is 0 Å². The van der Waals surface area contributed by atoms with E-state index in [2.05, 4.69) is 27.0 Å². The first kappa shape index (κ1) is 18.3. The first-order chi connectivity index (χ1) is 11.7. The minimum Gasteiger partial charge on any atom is -0.357 e. The van der Waals surface area contributed by atoms with Gasteiger partial charge in [-0.25, -0.2) is 4.99 Å². The van der Waals surface area contributed by atoms with Gasteiger partial charge in [-0.15, -0.1) is 11.3 Å². The van der Waals surface area contributed by atoms with Crippen LogP contribution in [0.4, 0.5) is 0 Å². The quantitative estimate of drug-likeness (QED) is 0.402. The Balaban J connectivity index is 1.74. The lowest BCUT2D eigenvalue weighted by Crippen LogP contribution is -2.41. The molecule has 0 atom stereocenters. The molecule has 0 saturated carbocycles. The fourth-order valence-corrected chi connectivity index (χ4v) is 2.72. The molecule has 0 unspecified atom stereocenters. The predicted molar refractivity (Wildman–Crippen MR) is 101 cm³/mol. The molecule has 0 saturated heterocycles. The number of amides is 1. The number of nitrogens with zero attached hydrogens (tertiary/aromatic N) is 1. The molecule has 1 aromatic carbocycles. The van der Waals surface area contributed by atoms with Crippen LogP contribution >= 0.6 is 22.9 Å². The zero-order valence-corrected chi connectivity index (χ0v) is 15.1. The fourth-order valence-electron chi connectivity index (χ4n) is 1.96. The molecule has 0 aliphatic rings. The summed E-state index contributed by atoms with van der Waals surface area (Å²) in [5, 5.41) is 11.9. The number of guanidine groups is 1. The van der Waals surface area contributed by atoms with Crippen molar-refractivity contribution >= 4 is 34.8 Å². The van der Waals surface area contributed by atoms with E-state index in [1.807, 2.05) is 18.4 Å². The van der Waals surface area contributed by atoms with E-state index in [1.165, 1.54) is 4.88 Å². The van der Waals surface area contributed by atoms with Gasteiger partial charge in [-0.05, 0) is 42.6 Å². The zero-order valence-electron chi connectivity index (χ0n) is 13.5. The molecule has 0 fully saturated rings. The number of nitrogens with one attached hydrogen (secondary N) is 3. The summed E-state index contributed by atoms with van der Waals surface area (Å²) >= 11 is 7.50. The Morgan fingerprint density at radius 1 is 1.12 bits per heavy atom. The third kappa shape index (κ3) is 6.22. The first-order valence-corrected chi connectivity index (χ1v) is 9.03. The van der Waals surface area contributed by atoms with Gasteiger partial charge in [0, 0.05) is 35.1 Å². The van der Waals surface area contributed by atoms with Crippen LogP contribution in [0.25, 0.3) is 0 Å². The number of aliphatic imine (C=N–C) groups is 1. The second-order valence-electron chi connectivity index (χ2n) is 4.96. The van der Waals surface area contributed by atoms with Crippen molar-refractivity contribution in [3.63, 3.8) is 0 Å². The van der Waals surface area contributed by atoms with E-state index in [0.29, 0.717) is 30.2 Å². The lowest BCUT2D eigenvalue weighted by molar-refractivity contribution is 0.0954. The standard InChI is InChI=1S/C17H21ClN4OS/c1-2-19-17(22-12-15-4-3-11-24-15)21-10-9-20-16(23)13-5-7-14(18)8-6-13/h3-8,11H,2,9-10,12H2,1H3,(H,20,23)(H2,19,21,22). The lowest BCUT2D eigenvalue weighted by atomic mass is 10.2. The van der Waals surface area contributed by atoms with Crippen molar-refractivity contribution in [2.24, 2.45) is 4.99 Å². The van der Waals surface area contributed by atoms with Gasteiger partial charge in [0.25, 0.3) is 5.91 Å². The van der Waals surface area contributed by atoms with Crippen LogP contribution in [-0.4, -0.2) is 31.5 Å². The number of benzene rings is 1. The van der Waals surface area contributed by atoms with Gasteiger partial charge >= 0.3 is 0 Å². The molecule has 0 aliphatic heterocycles. The molecule has 0 bridgehead atoms. The number of carbonyl (C=O) groups is 1. The lowest BCUT2D eigenvalue weighted by Gasteiger charge is -2.11. The van der Waals surface area contributed by atoms with Crippen molar-refractivity contribution in [3.05, 3.63) is 57.2 Å². The topological polar surface area (TPSA) is 65.5 Å². The van der Waals surface area contributed by atoms with E-state index in [1.54, 1.807) is 35.6 Å². The van der Waals surface area contributed by atoms with Gasteiger partial charge in [0.05, 0.1) is 6.54 Å². The average Bonchev–Trinajstić information content (AvgIpc) is 3.10. The third-order valence-corrected chi connectivity index (χ3v) is 4.24. The van der Waals surface area contributed by atoms with Gasteiger partial charge in [0.15, 0.2) is 5.96 Å². The Labute approximate surface area is 151 Å². The number of hydrogen-bond acceptors (Lipinski definition) is 3. The summed E-state index contributed by atoms with van der Waals surface area (Å²) < 4.78 is 0. The van der Waals surface area contributed by atoms with Crippen LogP contribution in [0, 0.1) is 0 Å². The zero-order chi connectivity index (χ0) is 17.2. The SMILES string of the molecule is CCNC(=NCc1cccs1)NCCNC(=O)c1ccc(Cl)cc1. The largest absolute Gasteiger partial charge is 0.357 e. The van der Waals surface area contributed by atoms with Crippen molar-refractivity contribution < 1.29 is 4.79 Å². The Kier molecular flexibility index (Phi) is 7.58. The van der Waals surface area contributed by atoms with Crippen LogP contribution in [-0.2, 0) is 6.54 Å². The number of carbonyl (C=O) groups excluding carboxylic acids is 1. The van der Waals surface area contributed by atoms with E-state index in [0.717, 1.165) is 12.5 Å². The van der Waals surface area contributed by atoms with Crippen LogP contribution in [0.1, 0.15) is 22.2 Å². The van der Waals surface area contributed by atoms with Gasteiger partial charge in [-0.3, -0.25) is 4.79 Å². The van der Waals surface area contributed by atoms with E-state index in [4.69, 9.17) is 11.6 Å². The Bertz CT molecular complexity index is 656. The maximum absolute atomic E-state index is 12.0. The van der Waals surface area contributed by atoms with E-state index in [9.17, 15) is 4.79 Å². The first-order valence-electron chi connectivity index (χ1n) is 7.77. The summed E-state index contributed by atoms with van der Waals surface area (Å²) in [6.07, 6.45) is 0. The molecule has 1 heterocycles. The molecule has 0 radical (unpaired) electrons. The number of hydrogen-bond donors (Lipinski definition) is 3. The number of halogens is 1.